The fraction of sp³-hybridized carbons (Fsp3) is 0.412. The van der Waals surface area contributed by atoms with Crippen molar-refractivity contribution in [1.29, 1.82) is 0 Å². The molecule has 1 saturated heterocycles. The Morgan fingerprint density at radius 3 is 3.00 bits per heavy atom. The third-order valence-electron chi connectivity index (χ3n) is 4.25. The number of thiophene rings is 1. The van der Waals surface area contributed by atoms with Crippen LogP contribution in [0.2, 0.25) is 0 Å². The van der Waals surface area contributed by atoms with Gasteiger partial charge in [0.15, 0.2) is 0 Å². The van der Waals surface area contributed by atoms with E-state index in [9.17, 15) is 9.59 Å². The first-order valence-electron chi connectivity index (χ1n) is 8.02. The Morgan fingerprint density at radius 1 is 1.38 bits per heavy atom. The number of nitrogens with zero attached hydrogens (tertiary/aromatic N) is 3. The van der Waals surface area contributed by atoms with Gasteiger partial charge in [0.1, 0.15) is 12.0 Å². The summed E-state index contributed by atoms with van der Waals surface area (Å²) in [5.74, 6) is -0.0145. The van der Waals surface area contributed by atoms with Crippen LogP contribution in [0.4, 0.5) is 0 Å². The second kappa shape index (κ2) is 7.53. The second-order valence-electron chi connectivity index (χ2n) is 6.07. The zero-order valence-corrected chi connectivity index (χ0v) is 14.2. The standard InChI is InChI=1S/C17H20N4O2S/c18-17(23)15-8-13(19-11-20-15)7-12-3-1-5-21(10-12)16(22)9-14-4-2-6-24-14/h2,4,6,8,11-12H,1,3,5,7,9-10H2,(H2,18,23). The summed E-state index contributed by atoms with van der Waals surface area (Å²) in [4.78, 5) is 34.8. The molecule has 2 N–H and O–H groups in total. The van der Waals surface area contributed by atoms with E-state index in [1.807, 2.05) is 22.4 Å². The number of rotatable bonds is 5. The molecule has 1 atom stereocenters. The Labute approximate surface area is 144 Å². The molecule has 2 aromatic rings. The maximum Gasteiger partial charge on any atom is 0.267 e. The van der Waals surface area contributed by atoms with Crippen molar-refractivity contribution in [2.45, 2.75) is 25.7 Å². The average molecular weight is 344 g/mol. The van der Waals surface area contributed by atoms with Gasteiger partial charge in [-0.15, -0.1) is 11.3 Å². The molecule has 126 valence electrons. The average Bonchev–Trinajstić information content (AvgIpc) is 3.08. The molecule has 3 heterocycles. The highest BCUT2D eigenvalue weighted by molar-refractivity contribution is 7.10. The van der Waals surface area contributed by atoms with Gasteiger partial charge in [0.2, 0.25) is 5.91 Å². The molecule has 1 fully saturated rings. The fourth-order valence-electron chi connectivity index (χ4n) is 3.07. The molecule has 7 heteroatoms. The lowest BCUT2D eigenvalue weighted by Gasteiger charge is -2.32. The molecular formula is C17H20N4O2S. The number of likely N-dealkylation sites (tertiary alicyclic amines) is 1. The minimum absolute atomic E-state index is 0.183. The van der Waals surface area contributed by atoms with Crippen molar-refractivity contribution in [1.82, 2.24) is 14.9 Å². The largest absolute Gasteiger partial charge is 0.364 e. The first-order valence-corrected chi connectivity index (χ1v) is 8.90. The lowest BCUT2D eigenvalue weighted by atomic mass is 9.93. The fourth-order valence-corrected chi connectivity index (χ4v) is 3.77. The van der Waals surface area contributed by atoms with E-state index in [0.717, 1.165) is 42.9 Å². The summed E-state index contributed by atoms with van der Waals surface area (Å²) >= 11 is 1.61. The first kappa shape index (κ1) is 16.6. The monoisotopic (exact) mass is 344 g/mol. The molecule has 1 aliphatic heterocycles. The van der Waals surface area contributed by atoms with Crippen LogP contribution in [0, 0.1) is 5.92 Å². The third-order valence-corrected chi connectivity index (χ3v) is 5.13. The van der Waals surface area contributed by atoms with Crippen molar-refractivity contribution in [2.24, 2.45) is 11.7 Å². The van der Waals surface area contributed by atoms with Gasteiger partial charge < -0.3 is 10.6 Å². The molecule has 3 rings (SSSR count). The molecule has 0 aromatic carbocycles. The number of primary amides is 1. The van der Waals surface area contributed by atoms with Crippen LogP contribution in [0.15, 0.2) is 29.9 Å². The molecule has 0 radical (unpaired) electrons. The highest BCUT2D eigenvalue weighted by atomic mass is 32.1. The van der Waals surface area contributed by atoms with Gasteiger partial charge in [0.25, 0.3) is 5.91 Å². The van der Waals surface area contributed by atoms with Gasteiger partial charge in [-0.1, -0.05) is 6.07 Å². The normalized spacial score (nSPS) is 17.7. The summed E-state index contributed by atoms with van der Waals surface area (Å²) in [7, 11) is 0. The quantitative estimate of drug-likeness (QED) is 0.893. The highest BCUT2D eigenvalue weighted by Gasteiger charge is 2.24. The van der Waals surface area contributed by atoms with Crippen molar-refractivity contribution < 1.29 is 9.59 Å². The van der Waals surface area contributed by atoms with E-state index in [2.05, 4.69) is 9.97 Å². The van der Waals surface area contributed by atoms with Crippen molar-refractivity contribution in [3.05, 3.63) is 46.2 Å². The lowest BCUT2D eigenvalue weighted by molar-refractivity contribution is -0.132. The molecule has 1 unspecified atom stereocenters. The Morgan fingerprint density at radius 2 is 2.25 bits per heavy atom. The summed E-state index contributed by atoms with van der Waals surface area (Å²) in [6, 6.07) is 5.61. The van der Waals surface area contributed by atoms with Crippen LogP contribution < -0.4 is 5.73 Å². The van der Waals surface area contributed by atoms with E-state index in [1.54, 1.807) is 17.4 Å². The lowest BCUT2D eigenvalue weighted by Crippen LogP contribution is -2.41. The van der Waals surface area contributed by atoms with Gasteiger partial charge in [-0.05, 0) is 42.7 Å². The van der Waals surface area contributed by atoms with Crippen LogP contribution in [-0.2, 0) is 17.6 Å². The van der Waals surface area contributed by atoms with E-state index < -0.39 is 5.91 Å². The summed E-state index contributed by atoms with van der Waals surface area (Å²) in [6.45, 7) is 1.55. The highest BCUT2D eigenvalue weighted by Crippen LogP contribution is 2.21. The van der Waals surface area contributed by atoms with E-state index >= 15 is 0 Å². The minimum atomic E-state index is -0.546. The van der Waals surface area contributed by atoms with Gasteiger partial charge in [0, 0.05) is 23.7 Å². The van der Waals surface area contributed by atoms with Gasteiger partial charge in [-0.2, -0.15) is 0 Å². The summed E-state index contributed by atoms with van der Waals surface area (Å²) in [5.41, 5.74) is 6.30. The van der Waals surface area contributed by atoms with Crippen LogP contribution in [0.25, 0.3) is 0 Å². The maximum atomic E-state index is 12.5. The molecule has 2 aromatic heterocycles. The summed E-state index contributed by atoms with van der Waals surface area (Å²) < 4.78 is 0. The van der Waals surface area contributed by atoms with E-state index in [0.29, 0.717) is 12.3 Å². The van der Waals surface area contributed by atoms with Crippen LogP contribution in [0.3, 0.4) is 0 Å². The minimum Gasteiger partial charge on any atom is -0.364 e. The topological polar surface area (TPSA) is 89.2 Å². The molecule has 6 nitrogen and oxygen atoms in total. The molecule has 0 aliphatic carbocycles. The van der Waals surface area contributed by atoms with Crippen LogP contribution in [0.5, 0.6) is 0 Å². The number of hydrogen-bond donors (Lipinski definition) is 1. The van der Waals surface area contributed by atoms with Gasteiger partial charge >= 0.3 is 0 Å². The third kappa shape index (κ3) is 4.17. The summed E-state index contributed by atoms with van der Waals surface area (Å²) in [6.07, 6.45) is 4.63. The van der Waals surface area contributed by atoms with Crippen molar-refractivity contribution in [2.75, 3.05) is 13.1 Å². The summed E-state index contributed by atoms with van der Waals surface area (Å²) in [5, 5.41) is 1.99. The molecule has 2 amide bonds. The van der Waals surface area contributed by atoms with Gasteiger partial charge in [-0.3, -0.25) is 9.59 Å². The van der Waals surface area contributed by atoms with Crippen LogP contribution >= 0.6 is 11.3 Å². The second-order valence-corrected chi connectivity index (χ2v) is 7.10. The number of hydrogen-bond acceptors (Lipinski definition) is 5. The molecular weight excluding hydrogens is 324 g/mol. The van der Waals surface area contributed by atoms with Gasteiger partial charge in [-0.25, -0.2) is 9.97 Å². The predicted octanol–water partition coefficient (Wildman–Crippen LogP) is 1.66. The molecule has 0 spiro atoms. The molecule has 1 aliphatic rings. The number of carbonyl (C=O) groups excluding carboxylic acids is 2. The van der Waals surface area contributed by atoms with E-state index in [-0.39, 0.29) is 11.6 Å². The molecule has 24 heavy (non-hydrogen) atoms. The zero-order chi connectivity index (χ0) is 16.9. The van der Waals surface area contributed by atoms with Crippen LogP contribution in [0.1, 0.15) is 33.9 Å². The molecule has 0 saturated carbocycles. The Hall–Kier alpha value is -2.28. The number of nitrogens with two attached hydrogens (primary N) is 1. The van der Waals surface area contributed by atoms with E-state index in [4.69, 9.17) is 5.73 Å². The maximum absolute atomic E-state index is 12.5. The van der Waals surface area contributed by atoms with E-state index in [1.165, 1.54) is 6.33 Å². The smallest absolute Gasteiger partial charge is 0.267 e. The SMILES string of the molecule is NC(=O)c1cc(CC2CCCN(C(=O)Cc3cccs3)C2)ncn1. The van der Waals surface area contributed by atoms with Crippen LogP contribution in [-0.4, -0.2) is 39.8 Å². The molecule has 0 bridgehead atoms. The Balaban J connectivity index is 1.60. The Bertz CT molecular complexity index is 717. The Kier molecular flexibility index (Phi) is 5.20. The number of aromatic nitrogens is 2. The number of amides is 2. The van der Waals surface area contributed by atoms with Gasteiger partial charge in [0.05, 0.1) is 6.42 Å². The van der Waals surface area contributed by atoms with Crippen molar-refractivity contribution in [3.8, 4) is 0 Å². The number of piperidine rings is 1. The van der Waals surface area contributed by atoms with Crippen molar-refractivity contribution >= 4 is 23.2 Å². The predicted molar refractivity (Wildman–Crippen MR) is 91.6 cm³/mol. The number of carbonyl (C=O) groups is 2. The zero-order valence-electron chi connectivity index (χ0n) is 13.4. The first-order chi connectivity index (χ1) is 11.6. The van der Waals surface area contributed by atoms with Crippen molar-refractivity contribution in [3.63, 3.8) is 0 Å².